The number of hydrogen-bond donors (Lipinski definition) is 1. The molecule has 2 aromatic carbocycles. The maximum atomic E-state index is 12.3. The van der Waals surface area contributed by atoms with E-state index in [0.717, 1.165) is 11.1 Å². The normalized spacial score (nSPS) is 11.0. The second-order valence-corrected chi connectivity index (χ2v) is 5.82. The molecular formula is C20H19N3O3. The first-order chi connectivity index (χ1) is 12.6. The van der Waals surface area contributed by atoms with Gasteiger partial charge >= 0.3 is 0 Å². The Morgan fingerprint density at radius 2 is 1.88 bits per heavy atom. The maximum Gasteiger partial charge on any atom is 0.251 e. The van der Waals surface area contributed by atoms with Crippen LogP contribution in [0.15, 0.2) is 59.0 Å². The molecule has 6 nitrogen and oxygen atoms in total. The average molecular weight is 349 g/mol. The number of carbonyl (C=O) groups is 2. The number of benzene rings is 2. The van der Waals surface area contributed by atoms with Crippen LogP contribution in [0.25, 0.3) is 17.2 Å². The number of carbonyl (C=O) groups excluding carboxylic acids is 2. The van der Waals surface area contributed by atoms with Crippen LogP contribution in [0.1, 0.15) is 21.8 Å². The SMILES string of the molecule is CNC(=O)c1ccc(CN(C)C(=O)C=Cc2nc3ccccc3o2)cc1. The zero-order valence-electron chi connectivity index (χ0n) is 14.6. The van der Waals surface area contributed by atoms with E-state index in [1.54, 1.807) is 37.2 Å². The summed E-state index contributed by atoms with van der Waals surface area (Å²) in [4.78, 5) is 29.7. The van der Waals surface area contributed by atoms with E-state index in [9.17, 15) is 9.59 Å². The van der Waals surface area contributed by atoms with Crippen molar-refractivity contribution in [1.29, 1.82) is 0 Å². The molecule has 0 bridgehead atoms. The highest BCUT2D eigenvalue weighted by atomic mass is 16.3. The van der Waals surface area contributed by atoms with Crippen LogP contribution >= 0.6 is 0 Å². The fourth-order valence-corrected chi connectivity index (χ4v) is 2.49. The Kier molecular flexibility index (Phi) is 5.12. The fourth-order valence-electron chi connectivity index (χ4n) is 2.49. The van der Waals surface area contributed by atoms with E-state index in [-0.39, 0.29) is 11.8 Å². The molecule has 0 aliphatic rings. The van der Waals surface area contributed by atoms with Crippen molar-refractivity contribution in [1.82, 2.24) is 15.2 Å². The van der Waals surface area contributed by atoms with Gasteiger partial charge in [0, 0.05) is 38.4 Å². The predicted octanol–water partition coefficient (Wildman–Crippen LogP) is 2.86. The van der Waals surface area contributed by atoms with E-state index in [2.05, 4.69) is 10.3 Å². The van der Waals surface area contributed by atoms with Crippen LogP contribution in [-0.4, -0.2) is 35.8 Å². The summed E-state index contributed by atoms with van der Waals surface area (Å²) in [6.45, 7) is 0.435. The van der Waals surface area contributed by atoms with Crippen LogP contribution in [-0.2, 0) is 11.3 Å². The molecule has 0 saturated carbocycles. The highest BCUT2D eigenvalue weighted by Gasteiger charge is 2.08. The quantitative estimate of drug-likeness (QED) is 0.719. The first-order valence-corrected chi connectivity index (χ1v) is 8.16. The van der Waals surface area contributed by atoms with E-state index in [4.69, 9.17) is 4.42 Å². The number of para-hydroxylation sites is 2. The van der Waals surface area contributed by atoms with Gasteiger partial charge in [-0.2, -0.15) is 0 Å². The molecule has 0 aliphatic carbocycles. The zero-order valence-corrected chi connectivity index (χ0v) is 14.6. The van der Waals surface area contributed by atoms with Crippen LogP contribution in [0.2, 0.25) is 0 Å². The van der Waals surface area contributed by atoms with Crippen LogP contribution in [0.3, 0.4) is 0 Å². The Morgan fingerprint density at radius 1 is 1.15 bits per heavy atom. The lowest BCUT2D eigenvalue weighted by molar-refractivity contribution is -0.125. The highest BCUT2D eigenvalue weighted by Crippen LogP contribution is 2.15. The number of hydrogen-bond acceptors (Lipinski definition) is 4. The summed E-state index contributed by atoms with van der Waals surface area (Å²) in [6, 6.07) is 14.6. The molecular weight excluding hydrogens is 330 g/mol. The number of nitrogens with zero attached hydrogens (tertiary/aromatic N) is 2. The van der Waals surface area contributed by atoms with Gasteiger partial charge in [-0.15, -0.1) is 0 Å². The summed E-state index contributed by atoms with van der Waals surface area (Å²) in [5.74, 6) is 0.0905. The van der Waals surface area contributed by atoms with Gasteiger partial charge in [0.25, 0.3) is 5.91 Å². The van der Waals surface area contributed by atoms with Gasteiger partial charge in [0.1, 0.15) is 5.52 Å². The number of fused-ring (bicyclic) bond motifs is 1. The maximum absolute atomic E-state index is 12.3. The molecule has 0 radical (unpaired) electrons. The molecule has 26 heavy (non-hydrogen) atoms. The van der Waals surface area contributed by atoms with Crippen molar-refractivity contribution < 1.29 is 14.0 Å². The minimum Gasteiger partial charge on any atom is -0.437 e. The zero-order chi connectivity index (χ0) is 18.5. The van der Waals surface area contributed by atoms with Crippen LogP contribution in [0.5, 0.6) is 0 Å². The molecule has 1 heterocycles. The van der Waals surface area contributed by atoms with Crippen molar-refractivity contribution in [2.24, 2.45) is 0 Å². The van der Waals surface area contributed by atoms with Crippen molar-refractivity contribution in [2.75, 3.05) is 14.1 Å². The third-order valence-corrected chi connectivity index (χ3v) is 3.92. The Bertz CT molecular complexity index is 925. The van der Waals surface area contributed by atoms with E-state index < -0.39 is 0 Å². The van der Waals surface area contributed by atoms with Gasteiger partial charge < -0.3 is 14.6 Å². The molecule has 6 heteroatoms. The molecule has 0 aliphatic heterocycles. The van der Waals surface area contributed by atoms with E-state index in [0.29, 0.717) is 23.6 Å². The smallest absolute Gasteiger partial charge is 0.251 e. The third-order valence-electron chi connectivity index (χ3n) is 3.92. The summed E-state index contributed by atoms with van der Waals surface area (Å²) in [5, 5.41) is 2.57. The van der Waals surface area contributed by atoms with Gasteiger partial charge in [0.2, 0.25) is 11.8 Å². The van der Waals surface area contributed by atoms with Crippen LogP contribution in [0, 0.1) is 0 Å². The molecule has 2 amide bonds. The number of nitrogens with one attached hydrogen (secondary N) is 1. The van der Waals surface area contributed by atoms with Gasteiger partial charge in [0.15, 0.2) is 5.58 Å². The Hall–Kier alpha value is -3.41. The van der Waals surface area contributed by atoms with Crippen molar-refractivity contribution in [3.05, 3.63) is 71.6 Å². The van der Waals surface area contributed by atoms with Crippen molar-refractivity contribution in [3.8, 4) is 0 Å². The Balaban J connectivity index is 1.63. The monoisotopic (exact) mass is 349 g/mol. The predicted molar refractivity (Wildman–Crippen MR) is 99.3 cm³/mol. The molecule has 0 saturated heterocycles. The van der Waals surface area contributed by atoms with E-state index in [1.165, 1.54) is 6.08 Å². The topological polar surface area (TPSA) is 75.4 Å². The lowest BCUT2D eigenvalue weighted by Crippen LogP contribution is -2.24. The average Bonchev–Trinajstić information content (AvgIpc) is 3.09. The van der Waals surface area contributed by atoms with Gasteiger partial charge in [-0.05, 0) is 29.8 Å². The summed E-state index contributed by atoms with van der Waals surface area (Å²) in [5.41, 5.74) is 2.96. The van der Waals surface area contributed by atoms with Crippen molar-refractivity contribution in [2.45, 2.75) is 6.54 Å². The van der Waals surface area contributed by atoms with Crippen LogP contribution < -0.4 is 5.32 Å². The molecule has 3 rings (SSSR count). The number of likely N-dealkylation sites (N-methyl/N-ethyl adjacent to an activating group) is 1. The van der Waals surface area contributed by atoms with Crippen LogP contribution in [0.4, 0.5) is 0 Å². The highest BCUT2D eigenvalue weighted by molar-refractivity contribution is 5.94. The molecule has 1 N–H and O–H groups in total. The molecule has 1 aromatic heterocycles. The Morgan fingerprint density at radius 3 is 2.58 bits per heavy atom. The second kappa shape index (κ2) is 7.65. The number of oxazole rings is 1. The lowest BCUT2D eigenvalue weighted by Gasteiger charge is -2.15. The lowest BCUT2D eigenvalue weighted by atomic mass is 10.1. The first kappa shape index (κ1) is 17.4. The van der Waals surface area contributed by atoms with Gasteiger partial charge in [0.05, 0.1) is 0 Å². The fraction of sp³-hybridized carbons (Fsp3) is 0.150. The minimum atomic E-state index is -0.164. The summed E-state index contributed by atoms with van der Waals surface area (Å²) < 4.78 is 5.56. The summed E-state index contributed by atoms with van der Waals surface area (Å²) in [7, 11) is 3.30. The summed E-state index contributed by atoms with van der Waals surface area (Å²) >= 11 is 0. The largest absolute Gasteiger partial charge is 0.437 e. The van der Waals surface area contributed by atoms with Gasteiger partial charge in [-0.1, -0.05) is 24.3 Å². The molecule has 0 fully saturated rings. The van der Waals surface area contributed by atoms with E-state index in [1.807, 2.05) is 36.4 Å². The molecule has 0 atom stereocenters. The summed E-state index contributed by atoms with van der Waals surface area (Å²) in [6.07, 6.45) is 3.00. The van der Waals surface area contributed by atoms with Crippen molar-refractivity contribution in [3.63, 3.8) is 0 Å². The second-order valence-electron chi connectivity index (χ2n) is 5.82. The molecule has 132 valence electrons. The molecule has 0 spiro atoms. The number of rotatable bonds is 5. The van der Waals surface area contributed by atoms with E-state index >= 15 is 0 Å². The molecule has 0 unspecified atom stereocenters. The minimum absolute atomic E-state index is 0.137. The number of amides is 2. The van der Waals surface area contributed by atoms with Crippen molar-refractivity contribution >= 4 is 29.0 Å². The standard InChI is InChI=1S/C20H19N3O3/c1-21-20(25)15-9-7-14(8-10-15)13-23(2)19(24)12-11-18-22-16-5-3-4-6-17(16)26-18/h3-12H,13H2,1-2H3,(H,21,25). The molecule has 3 aromatic rings. The number of aromatic nitrogens is 1. The first-order valence-electron chi connectivity index (χ1n) is 8.16. The Labute approximate surface area is 151 Å². The third kappa shape index (κ3) is 3.97. The van der Waals surface area contributed by atoms with Gasteiger partial charge in [-0.25, -0.2) is 4.98 Å². The van der Waals surface area contributed by atoms with Gasteiger partial charge in [-0.3, -0.25) is 9.59 Å².